The highest BCUT2D eigenvalue weighted by atomic mass is 32.2. The van der Waals surface area contributed by atoms with Gasteiger partial charge < -0.3 is 10.6 Å². The number of anilines is 1. The van der Waals surface area contributed by atoms with Gasteiger partial charge in [-0.25, -0.2) is 12.7 Å². The molecular formula is C18H29N3O2S2. The maximum Gasteiger partial charge on any atom is 0.242 e. The molecule has 7 heteroatoms. The molecule has 1 aromatic rings. The average molecular weight is 384 g/mol. The summed E-state index contributed by atoms with van der Waals surface area (Å²) >= 11 is 5.47. The van der Waals surface area contributed by atoms with E-state index in [1.807, 2.05) is 6.92 Å². The van der Waals surface area contributed by atoms with Crippen LogP contribution in [0.5, 0.6) is 0 Å². The van der Waals surface area contributed by atoms with Crippen LogP contribution in [0.4, 0.5) is 5.69 Å². The van der Waals surface area contributed by atoms with E-state index in [1.165, 1.54) is 31.2 Å². The standard InChI is InChI=1S/C18H29N3O2S2/c1-12-7-6-8-16(14(12)3)19-18(24)20-17-11-15(10-9-13(17)2)25(22,23)21(4)5/h9-12,14,16H,6-8H2,1-5H3,(H2,19,20,24)/t12-,14+,16-/m1/s1. The molecular weight excluding hydrogens is 354 g/mol. The molecule has 1 aliphatic carbocycles. The number of nitrogens with zero attached hydrogens (tertiary/aromatic N) is 1. The van der Waals surface area contributed by atoms with Crippen molar-refractivity contribution >= 4 is 33.0 Å². The van der Waals surface area contributed by atoms with Crippen molar-refractivity contribution in [2.75, 3.05) is 19.4 Å². The van der Waals surface area contributed by atoms with Crippen molar-refractivity contribution in [1.29, 1.82) is 0 Å². The van der Waals surface area contributed by atoms with Crippen LogP contribution in [-0.4, -0.2) is 38.0 Å². The maximum absolute atomic E-state index is 12.3. The highest BCUT2D eigenvalue weighted by Crippen LogP contribution is 2.29. The van der Waals surface area contributed by atoms with Gasteiger partial charge in [0.05, 0.1) is 4.90 Å². The second kappa shape index (κ2) is 8.01. The van der Waals surface area contributed by atoms with Crippen molar-refractivity contribution in [3.63, 3.8) is 0 Å². The molecule has 1 aromatic carbocycles. The van der Waals surface area contributed by atoms with Crippen LogP contribution in [0, 0.1) is 18.8 Å². The minimum Gasteiger partial charge on any atom is -0.359 e. The van der Waals surface area contributed by atoms with E-state index < -0.39 is 10.0 Å². The van der Waals surface area contributed by atoms with Gasteiger partial charge in [-0.15, -0.1) is 0 Å². The molecule has 140 valence electrons. The van der Waals surface area contributed by atoms with Crippen molar-refractivity contribution in [3.8, 4) is 0 Å². The lowest BCUT2D eigenvalue weighted by Crippen LogP contribution is -2.45. The molecule has 0 heterocycles. The van der Waals surface area contributed by atoms with Crippen LogP contribution in [0.2, 0.25) is 0 Å². The maximum atomic E-state index is 12.3. The van der Waals surface area contributed by atoms with Gasteiger partial charge >= 0.3 is 0 Å². The van der Waals surface area contributed by atoms with E-state index in [9.17, 15) is 8.42 Å². The summed E-state index contributed by atoms with van der Waals surface area (Å²) in [6, 6.07) is 5.42. The van der Waals surface area contributed by atoms with Crippen LogP contribution in [-0.2, 0) is 10.0 Å². The van der Waals surface area contributed by atoms with E-state index in [0.29, 0.717) is 23.0 Å². The van der Waals surface area contributed by atoms with E-state index in [2.05, 4.69) is 24.5 Å². The SMILES string of the molecule is Cc1ccc(S(=O)(=O)N(C)C)cc1NC(=S)N[C@@H]1CCC[C@@H](C)[C@@H]1C. The summed E-state index contributed by atoms with van der Waals surface area (Å²) < 4.78 is 25.9. The Morgan fingerprint density at radius 1 is 1.24 bits per heavy atom. The normalized spacial score (nSPS) is 24.2. The van der Waals surface area contributed by atoms with Crippen molar-refractivity contribution in [3.05, 3.63) is 23.8 Å². The number of thiocarbonyl (C=S) groups is 1. The lowest BCUT2D eigenvalue weighted by molar-refractivity contribution is 0.225. The first-order chi connectivity index (χ1) is 11.6. The highest BCUT2D eigenvalue weighted by Gasteiger charge is 2.27. The van der Waals surface area contributed by atoms with Gasteiger partial charge in [-0.2, -0.15) is 0 Å². The fourth-order valence-electron chi connectivity index (χ4n) is 3.22. The van der Waals surface area contributed by atoms with Gasteiger partial charge in [0.25, 0.3) is 0 Å². The molecule has 2 rings (SSSR count). The molecule has 0 aromatic heterocycles. The zero-order valence-corrected chi connectivity index (χ0v) is 17.3. The predicted molar refractivity (Wildman–Crippen MR) is 107 cm³/mol. The molecule has 0 radical (unpaired) electrons. The number of benzene rings is 1. The number of hydrogen-bond donors (Lipinski definition) is 2. The van der Waals surface area contributed by atoms with Crippen LogP contribution in [0.15, 0.2) is 23.1 Å². The van der Waals surface area contributed by atoms with Gasteiger partial charge in [0.15, 0.2) is 5.11 Å². The topological polar surface area (TPSA) is 61.4 Å². The van der Waals surface area contributed by atoms with E-state index in [4.69, 9.17) is 12.2 Å². The Morgan fingerprint density at radius 2 is 1.92 bits per heavy atom. The molecule has 0 aliphatic heterocycles. The second-order valence-corrected chi connectivity index (χ2v) is 9.80. The summed E-state index contributed by atoms with van der Waals surface area (Å²) in [5.74, 6) is 1.25. The van der Waals surface area contributed by atoms with Crippen molar-refractivity contribution in [2.24, 2.45) is 11.8 Å². The molecule has 3 atom stereocenters. The first-order valence-electron chi connectivity index (χ1n) is 8.73. The van der Waals surface area contributed by atoms with Crippen LogP contribution in [0.3, 0.4) is 0 Å². The average Bonchev–Trinajstić information content (AvgIpc) is 2.53. The quantitative estimate of drug-likeness (QED) is 0.781. The molecule has 0 spiro atoms. The highest BCUT2D eigenvalue weighted by molar-refractivity contribution is 7.89. The number of rotatable bonds is 4. The fraction of sp³-hybridized carbons (Fsp3) is 0.611. The zero-order chi connectivity index (χ0) is 18.8. The molecule has 0 saturated heterocycles. The Hall–Kier alpha value is -1.18. The third-order valence-corrected chi connectivity index (χ3v) is 7.29. The summed E-state index contributed by atoms with van der Waals surface area (Å²) in [5.41, 5.74) is 1.67. The van der Waals surface area contributed by atoms with Crippen LogP contribution < -0.4 is 10.6 Å². The van der Waals surface area contributed by atoms with Gasteiger partial charge in [0.1, 0.15) is 0 Å². The number of sulfonamides is 1. The van der Waals surface area contributed by atoms with Crippen LogP contribution in [0.25, 0.3) is 0 Å². The fourth-order valence-corrected chi connectivity index (χ4v) is 4.41. The van der Waals surface area contributed by atoms with Crippen LogP contribution in [0.1, 0.15) is 38.7 Å². The van der Waals surface area contributed by atoms with Gasteiger partial charge in [-0.3, -0.25) is 0 Å². The molecule has 0 bridgehead atoms. The molecule has 5 nitrogen and oxygen atoms in total. The monoisotopic (exact) mass is 383 g/mol. The van der Waals surface area contributed by atoms with E-state index in [1.54, 1.807) is 18.2 Å². The summed E-state index contributed by atoms with van der Waals surface area (Å²) in [6.45, 7) is 6.48. The Morgan fingerprint density at radius 3 is 2.56 bits per heavy atom. The third-order valence-electron chi connectivity index (χ3n) is 5.26. The second-order valence-electron chi connectivity index (χ2n) is 7.24. The summed E-state index contributed by atoms with van der Waals surface area (Å²) in [6.07, 6.45) is 3.59. The molecule has 1 fully saturated rings. The number of hydrogen-bond acceptors (Lipinski definition) is 3. The molecule has 0 amide bonds. The van der Waals surface area contributed by atoms with E-state index in [0.717, 1.165) is 17.7 Å². The first kappa shape index (κ1) is 20.1. The summed E-state index contributed by atoms with van der Waals surface area (Å²) in [5, 5.41) is 7.15. The minimum absolute atomic E-state index is 0.257. The first-order valence-corrected chi connectivity index (χ1v) is 10.6. The van der Waals surface area contributed by atoms with E-state index >= 15 is 0 Å². The largest absolute Gasteiger partial charge is 0.359 e. The molecule has 1 saturated carbocycles. The summed E-state index contributed by atoms with van der Waals surface area (Å²) in [4.78, 5) is 0.257. The van der Waals surface area contributed by atoms with Crippen molar-refractivity contribution in [2.45, 2.75) is 51.0 Å². The molecule has 25 heavy (non-hydrogen) atoms. The molecule has 1 aliphatic rings. The Labute approximate surface area is 157 Å². The van der Waals surface area contributed by atoms with Gasteiger partial charge in [-0.05, 0) is 55.1 Å². The van der Waals surface area contributed by atoms with Gasteiger partial charge in [0, 0.05) is 25.8 Å². The molecule has 0 unspecified atom stereocenters. The lowest BCUT2D eigenvalue weighted by atomic mass is 9.78. The van der Waals surface area contributed by atoms with Crippen molar-refractivity contribution in [1.82, 2.24) is 9.62 Å². The van der Waals surface area contributed by atoms with Gasteiger partial charge in [-0.1, -0.05) is 32.8 Å². The Bertz CT molecular complexity index is 732. The molecule has 2 N–H and O–H groups in total. The smallest absolute Gasteiger partial charge is 0.242 e. The Balaban J connectivity index is 2.13. The van der Waals surface area contributed by atoms with Gasteiger partial charge in [0.2, 0.25) is 10.0 Å². The Kier molecular flexibility index (Phi) is 6.45. The third kappa shape index (κ3) is 4.71. The number of aryl methyl sites for hydroxylation is 1. The summed E-state index contributed by atoms with van der Waals surface area (Å²) in [7, 11) is -0.410. The van der Waals surface area contributed by atoms with Crippen molar-refractivity contribution < 1.29 is 8.42 Å². The number of nitrogens with one attached hydrogen (secondary N) is 2. The lowest BCUT2D eigenvalue weighted by Gasteiger charge is -2.35. The van der Waals surface area contributed by atoms with E-state index in [-0.39, 0.29) is 4.90 Å². The minimum atomic E-state index is -3.47. The zero-order valence-electron chi connectivity index (χ0n) is 15.7. The van der Waals surface area contributed by atoms with Crippen LogP contribution >= 0.6 is 12.2 Å². The predicted octanol–water partition coefficient (Wildman–Crippen LogP) is 3.36.